The van der Waals surface area contributed by atoms with Crippen molar-refractivity contribution in [1.29, 1.82) is 0 Å². The van der Waals surface area contributed by atoms with Crippen molar-refractivity contribution < 1.29 is 13.2 Å². The number of carbonyl (C=O) groups excluding carboxylic acids is 1. The van der Waals surface area contributed by atoms with Crippen molar-refractivity contribution in [3.8, 4) is 0 Å². The fourth-order valence-corrected chi connectivity index (χ4v) is 3.99. The highest BCUT2D eigenvalue weighted by atomic mass is 35.5. The highest BCUT2D eigenvalue weighted by Gasteiger charge is 2.19. The third-order valence-electron chi connectivity index (χ3n) is 3.66. The molecule has 8 heteroatoms. The molecule has 0 aliphatic rings. The molecule has 0 aliphatic heterocycles. The van der Waals surface area contributed by atoms with E-state index < -0.39 is 10.0 Å². The van der Waals surface area contributed by atoms with Crippen molar-refractivity contribution in [1.82, 2.24) is 4.31 Å². The number of thioether (sulfide) groups is 1. The molecule has 1 N–H and O–H groups in total. The zero-order chi connectivity index (χ0) is 19.3. The summed E-state index contributed by atoms with van der Waals surface area (Å²) in [7, 11) is -0.603. The number of halogens is 1. The molecule has 0 heterocycles. The summed E-state index contributed by atoms with van der Waals surface area (Å²) in [6.07, 6.45) is 0. The van der Waals surface area contributed by atoms with Crippen molar-refractivity contribution in [2.45, 2.75) is 22.8 Å². The summed E-state index contributed by atoms with van der Waals surface area (Å²) in [4.78, 5) is 12.5. The molecule has 0 aromatic heterocycles. The summed E-state index contributed by atoms with van der Waals surface area (Å²) < 4.78 is 25.5. The molecule has 0 bridgehead atoms. The summed E-state index contributed by atoms with van der Waals surface area (Å²) in [5, 5.41) is 3.16. The molecule has 0 saturated carbocycles. The quantitative estimate of drug-likeness (QED) is 0.750. The summed E-state index contributed by atoms with van der Waals surface area (Å²) in [5.41, 5.74) is 1.54. The zero-order valence-electron chi connectivity index (χ0n) is 14.8. The molecule has 0 aliphatic carbocycles. The molecule has 140 valence electrons. The van der Waals surface area contributed by atoms with Crippen LogP contribution in [0.1, 0.15) is 12.5 Å². The van der Waals surface area contributed by atoms with Gasteiger partial charge in [-0.15, -0.1) is 11.8 Å². The second kappa shape index (κ2) is 8.90. The molecule has 0 saturated heterocycles. The van der Waals surface area contributed by atoms with Crippen LogP contribution in [0.15, 0.2) is 53.4 Å². The summed E-state index contributed by atoms with van der Waals surface area (Å²) in [5.74, 6) is 0.504. The second-order valence-electron chi connectivity index (χ2n) is 5.88. The Morgan fingerprint density at radius 3 is 2.46 bits per heavy atom. The molecule has 5 nitrogen and oxygen atoms in total. The fraction of sp³-hybridized carbons (Fsp3) is 0.278. The number of anilines is 1. The van der Waals surface area contributed by atoms with E-state index in [9.17, 15) is 13.2 Å². The molecule has 0 radical (unpaired) electrons. The number of amides is 1. The molecule has 0 spiro atoms. The molecule has 0 unspecified atom stereocenters. The van der Waals surface area contributed by atoms with Crippen molar-refractivity contribution in [3.05, 3.63) is 59.1 Å². The summed E-state index contributed by atoms with van der Waals surface area (Å²) in [6.45, 7) is 1.82. The normalized spacial score (nSPS) is 12.8. The van der Waals surface area contributed by atoms with E-state index >= 15 is 0 Å². The first kappa shape index (κ1) is 20.8. The molecule has 2 aromatic carbocycles. The zero-order valence-corrected chi connectivity index (χ0v) is 17.2. The Morgan fingerprint density at radius 1 is 1.19 bits per heavy atom. The van der Waals surface area contributed by atoms with Crippen molar-refractivity contribution in [3.63, 3.8) is 0 Å². The van der Waals surface area contributed by atoms with Gasteiger partial charge < -0.3 is 5.32 Å². The van der Waals surface area contributed by atoms with E-state index in [0.29, 0.717) is 16.5 Å². The molecule has 1 amide bonds. The van der Waals surface area contributed by atoms with Gasteiger partial charge in [-0.3, -0.25) is 4.79 Å². The van der Waals surface area contributed by atoms with Crippen molar-refractivity contribution in [2.75, 3.05) is 19.4 Å². The minimum absolute atomic E-state index is 0.141. The Kier molecular flexibility index (Phi) is 7.11. The molecular weight excluding hydrogens is 392 g/mol. The van der Waals surface area contributed by atoms with Crippen LogP contribution in [0.25, 0.3) is 0 Å². The van der Waals surface area contributed by atoms with Gasteiger partial charge in [0.2, 0.25) is 15.9 Å². The highest BCUT2D eigenvalue weighted by molar-refractivity contribution is 7.99. The molecule has 2 aromatic rings. The van der Waals surface area contributed by atoms with E-state index in [-0.39, 0.29) is 16.1 Å². The maximum absolute atomic E-state index is 12.4. The standard InChI is InChI=1S/C18H21ClN2O3S2/c1-13(25-12-14-7-9-15(19)10-8-14)18(22)20-16-5-4-6-17(11-16)26(23,24)21(2)3/h4-11,13H,12H2,1-3H3,(H,20,22)/t13-/m1/s1. The van der Waals surface area contributed by atoms with Gasteiger partial charge in [-0.1, -0.05) is 29.8 Å². The Morgan fingerprint density at radius 2 is 1.85 bits per heavy atom. The number of sulfonamides is 1. The van der Waals surface area contributed by atoms with Gasteiger partial charge in [-0.2, -0.15) is 0 Å². The predicted molar refractivity (Wildman–Crippen MR) is 108 cm³/mol. The predicted octanol–water partition coefficient (Wildman–Crippen LogP) is 3.85. The van der Waals surface area contributed by atoms with Crippen LogP contribution in [0.3, 0.4) is 0 Å². The lowest BCUT2D eigenvalue weighted by molar-refractivity contribution is -0.115. The first-order valence-electron chi connectivity index (χ1n) is 7.89. The second-order valence-corrected chi connectivity index (χ2v) is 9.80. The van der Waals surface area contributed by atoms with Gasteiger partial charge in [0.25, 0.3) is 0 Å². The number of rotatable bonds is 7. The Hall–Kier alpha value is -1.54. The van der Waals surface area contributed by atoms with Crippen molar-refractivity contribution in [2.24, 2.45) is 0 Å². The van der Waals surface area contributed by atoms with Crippen LogP contribution in [-0.2, 0) is 20.6 Å². The largest absolute Gasteiger partial charge is 0.325 e. The maximum atomic E-state index is 12.4. The Balaban J connectivity index is 1.99. The third-order valence-corrected chi connectivity index (χ3v) is 6.94. The number of nitrogens with zero attached hydrogens (tertiary/aromatic N) is 1. The Bertz CT molecular complexity index is 868. The van der Waals surface area contributed by atoms with Crippen LogP contribution in [0.5, 0.6) is 0 Å². The van der Waals surface area contributed by atoms with E-state index in [2.05, 4.69) is 5.32 Å². The van der Waals surface area contributed by atoms with E-state index in [1.54, 1.807) is 12.1 Å². The van der Waals surface area contributed by atoms with Gasteiger partial charge in [-0.05, 0) is 42.8 Å². The fourth-order valence-electron chi connectivity index (χ4n) is 2.07. The van der Waals surface area contributed by atoms with Gasteiger partial charge in [0, 0.05) is 30.6 Å². The van der Waals surface area contributed by atoms with Crippen LogP contribution in [-0.4, -0.2) is 38.0 Å². The molecule has 0 fully saturated rings. The minimum atomic E-state index is -3.54. The van der Waals surface area contributed by atoms with Crippen LogP contribution < -0.4 is 5.32 Å². The number of benzene rings is 2. The number of hydrogen-bond acceptors (Lipinski definition) is 4. The van der Waals surface area contributed by atoms with Crippen LogP contribution >= 0.6 is 23.4 Å². The number of hydrogen-bond donors (Lipinski definition) is 1. The first-order valence-corrected chi connectivity index (χ1v) is 10.8. The average molecular weight is 413 g/mol. The van der Waals surface area contributed by atoms with Crippen LogP contribution in [0.2, 0.25) is 5.02 Å². The lowest BCUT2D eigenvalue weighted by Crippen LogP contribution is -2.24. The summed E-state index contributed by atoms with van der Waals surface area (Å²) in [6, 6.07) is 13.7. The molecule has 2 rings (SSSR count). The Labute approximate surface area is 163 Å². The smallest absolute Gasteiger partial charge is 0.242 e. The van der Waals surface area contributed by atoms with Gasteiger partial charge in [0.1, 0.15) is 0 Å². The van der Waals surface area contributed by atoms with Gasteiger partial charge >= 0.3 is 0 Å². The first-order chi connectivity index (χ1) is 12.2. The van der Waals surface area contributed by atoms with E-state index in [4.69, 9.17) is 11.6 Å². The summed E-state index contributed by atoms with van der Waals surface area (Å²) >= 11 is 7.36. The topological polar surface area (TPSA) is 66.5 Å². The van der Waals surface area contributed by atoms with E-state index in [1.807, 2.05) is 31.2 Å². The van der Waals surface area contributed by atoms with Crippen LogP contribution in [0.4, 0.5) is 5.69 Å². The molecule has 26 heavy (non-hydrogen) atoms. The average Bonchev–Trinajstić information content (AvgIpc) is 2.61. The van der Waals surface area contributed by atoms with E-state index in [0.717, 1.165) is 9.87 Å². The van der Waals surface area contributed by atoms with Gasteiger partial charge in [-0.25, -0.2) is 12.7 Å². The third kappa shape index (κ3) is 5.48. The number of nitrogens with one attached hydrogen (secondary N) is 1. The monoisotopic (exact) mass is 412 g/mol. The molecule has 1 atom stereocenters. The van der Waals surface area contributed by atoms with E-state index in [1.165, 1.54) is 38.0 Å². The van der Waals surface area contributed by atoms with Crippen LogP contribution in [0, 0.1) is 0 Å². The lowest BCUT2D eigenvalue weighted by Gasteiger charge is -2.14. The highest BCUT2D eigenvalue weighted by Crippen LogP contribution is 2.22. The van der Waals surface area contributed by atoms with Gasteiger partial charge in [0.05, 0.1) is 10.1 Å². The van der Waals surface area contributed by atoms with Crippen molar-refractivity contribution >= 4 is 45.0 Å². The SMILES string of the molecule is C[C@@H](SCc1ccc(Cl)cc1)C(=O)Nc1cccc(S(=O)(=O)N(C)C)c1. The van der Waals surface area contributed by atoms with Gasteiger partial charge in [0.15, 0.2) is 0 Å². The minimum Gasteiger partial charge on any atom is -0.325 e. The number of carbonyl (C=O) groups is 1. The lowest BCUT2D eigenvalue weighted by atomic mass is 10.2. The molecular formula is C18H21ClN2O3S2. The maximum Gasteiger partial charge on any atom is 0.242 e.